The molecule has 0 spiro atoms. The molecule has 0 aliphatic rings. The van der Waals surface area contributed by atoms with Crippen molar-refractivity contribution in [1.29, 1.82) is 0 Å². The minimum Gasteiger partial charge on any atom is -0.336 e. The number of amides is 1. The highest BCUT2D eigenvalue weighted by molar-refractivity contribution is 9.09. The minimum atomic E-state index is -0.585. The zero-order valence-electron chi connectivity index (χ0n) is 10.8. The van der Waals surface area contributed by atoms with E-state index < -0.39 is 16.4 Å². The number of rotatable bonds is 4. The molecule has 0 N–H and O–H groups in total. The highest BCUT2D eigenvalue weighted by Gasteiger charge is 2.31. The number of benzene rings is 1. The summed E-state index contributed by atoms with van der Waals surface area (Å²) in [5.74, 6) is -0.432. The van der Waals surface area contributed by atoms with Crippen LogP contribution in [0.2, 0.25) is 5.02 Å². The van der Waals surface area contributed by atoms with E-state index in [1.165, 1.54) is 23.1 Å². The highest BCUT2D eigenvalue weighted by Crippen LogP contribution is 2.26. The molecular formula is C12H14BrClN2O3. The van der Waals surface area contributed by atoms with Gasteiger partial charge in [0.15, 0.2) is 0 Å². The maximum absolute atomic E-state index is 12.4. The molecule has 104 valence electrons. The SMILES string of the molecule is CN(C(=O)c1cc(Cl)ccc1[N+](=O)[O-])C(C)(C)CBr. The maximum Gasteiger partial charge on any atom is 0.282 e. The van der Waals surface area contributed by atoms with Crippen molar-refractivity contribution in [2.75, 3.05) is 12.4 Å². The summed E-state index contributed by atoms with van der Waals surface area (Å²) in [5, 5.41) is 11.8. The molecule has 0 aliphatic heterocycles. The van der Waals surface area contributed by atoms with Gasteiger partial charge in [-0.1, -0.05) is 27.5 Å². The predicted octanol–water partition coefficient (Wildman–Crippen LogP) is 3.49. The molecule has 0 saturated carbocycles. The molecule has 0 saturated heterocycles. The molecule has 0 fully saturated rings. The maximum atomic E-state index is 12.4. The lowest BCUT2D eigenvalue weighted by Gasteiger charge is -2.34. The van der Waals surface area contributed by atoms with Gasteiger partial charge in [-0.2, -0.15) is 0 Å². The van der Waals surface area contributed by atoms with E-state index in [1.54, 1.807) is 7.05 Å². The van der Waals surface area contributed by atoms with Crippen molar-refractivity contribution in [2.24, 2.45) is 0 Å². The van der Waals surface area contributed by atoms with Crippen molar-refractivity contribution in [1.82, 2.24) is 4.90 Å². The standard InChI is InChI=1S/C12H14BrClN2O3/c1-12(2,7-13)15(3)11(17)9-6-8(14)4-5-10(9)16(18)19/h4-6H,7H2,1-3H3. The molecule has 7 heteroatoms. The Kier molecular flexibility index (Phi) is 4.92. The molecule has 1 rings (SSSR count). The number of hydrogen-bond donors (Lipinski definition) is 0. The third-order valence-electron chi connectivity index (χ3n) is 2.93. The summed E-state index contributed by atoms with van der Waals surface area (Å²) in [5.41, 5.74) is -0.714. The van der Waals surface area contributed by atoms with E-state index in [0.29, 0.717) is 10.4 Å². The second-order valence-electron chi connectivity index (χ2n) is 4.73. The van der Waals surface area contributed by atoms with Gasteiger partial charge in [0.2, 0.25) is 0 Å². The molecule has 0 atom stereocenters. The fourth-order valence-corrected chi connectivity index (χ4v) is 1.93. The molecule has 1 aromatic carbocycles. The monoisotopic (exact) mass is 348 g/mol. The van der Waals surface area contributed by atoms with Crippen LogP contribution in [-0.2, 0) is 0 Å². The number of hydrogen-bond acceptors (Lipinski definition) is 3. The molecule has 0 bridgehead atoms. The van der Waals surface area contributed by atoms with Crippen LogP contribution in [0.15, 0.2) is 18.2 Å². The summed E-state index contributed by atoms with van der Waals surface area (Å²) < 4.78 is 0. The van der Waals surface area contributed by atoms with Crippen LogP contribution in [0.4, 0.5) is 5.69 Å². The average Bonchev–Trinajstić information content (AvgIpc) is 2.36. The fraction of sp³-hybridized carbons (Fsp3) is 0.417. The molecule has 0 aromatic heterocycles. The summed E-state index contributed by atoms with van der Waals surface area (Å²) in [6.45, 7) is 3.71. The van der Waals surface area contributed by atoms with Crippen LogP contribution in [0.3, 0.4) is 0 Å². The van der Waals surface area contributed by atoms with Gasteiger partial charge in [0.25, 0.3) is 11.6 Å². The summed E-state index contributed by atoms with van der Waals surface area (Å²) >= 11 is 9.14. The van der Waals surface area contributed by atoms with Gasteiger partial charge in [0.05, 0.1) is 4.92 Å². The minimum absolute atomic E-state index is 0.00553. The first kappa shape index (κ1) is 15.9. The molecule has 1 amide bonds. The molecule has 1 aromatic rings. The van der Waals surface area contributed by atoms with Gasteiger partial charge in [-0.15, -0.1) is 0 Å². The fourth-order valence-electron chi connectivity index (χ4n) is 1.38. The van der Waals surface area contributed by atoms with E-state index in [2.05, 4.69) is 15.9 Å². The van der Waals surface area contributed by atoms with E-state index in [-0.39, 0.29) is 11.3 Å². The molecule has 5 nitrogen and oxygen atoms in total. The molecule has 0 unspecified atom stereocenters. The van der Waals surface area contributed by atoms with Crippen molar-refractivity contribution in [3.8, 4) is 0 Å². The van der Waals surface area contributed by atoms with E-state index >= 15 is 0 Å². The van der Waals surface area contributed by atoms with Crippen LogP contribution in [0.25, 0.3) is 0 Å². The van der Waals surface area contributed by atoms with Crippen molar-refractivity contribution >= 4 is 39.1 Å². The van der Waals surface area contributed by atoms with Gasteiger partial charge in [0.1, 0.15) is 5.56 Å². The zero-order valence-corrected chi connectivity index (χ0v) is 13.2. The average molecular weight is 350 g/mol. The number of nitro groups is 1. The molecule has 0 aliphatic carbocycles. The Hall–Kier alpha value is -1.14. The van der Waals surface area contributed by atoms with Crippen LogP contribution < -0.4 is 0 Å². The second kappa shape index (κ2) is 5.88. The summed E-state index contributed by atoms with van der Waals surface area (Å²) in [6, 6.07) is 3.96. The Balaban J connectivity index is 3.26. The first-order valence-corrected chi connectivity index (χ1v) is 6.98. The van der Waals surface area contributed by atoms with Gasteiger partial charge in [-0.25, -0.2) is 0 Å². The molecule has 19 heavy (non-hydrogen) atoms. The highest BCUT2D eigenvalue weighted by atomic mass is 79.9. The van der Waals surface area contributed by atoms with Crippen molar-refractivity contribution in [3.63, 3.8) is 0 Å². The number of alkyl halides is 1. The van der Waals surface area contributed by atoms with E-state index in [1.807, 2.05) is 13.8 Å². The van der Waals surface area contributed by atoms with Crippen molar-refractivity contribution in [3.05, 3.63) is 38.9 Å². The Morgan fingerprint density at radius 2 is 2.11 bits per heavy atom. The van der Waals surface area contributed by atoms with Crippen LogP contribution in [-0.4, -0.2) is 33.6 Å². The largest absolute Gasteiger partial charge is 0.336 e. The Bertz CT molecular complexity index is 520. The smallest absolute Gasteiger partial charge is 0.282 e. The third-order valence-corrected chi connectivity index (χ3v) is 4.53. The Morgan fingerprint density at radius 1 is 1.53 bits per heavy atom. The number of carbonyl (C=O) groups is 1. The van der Waals surface area contributed by atoms with E-state index in [9.17, 15) is 14.9 Å². The van der Waals surface area contributed by atoms with E-state index in [4.69, 9.17) is 11.6 Å². The number of nitro benzene ring substituents is 1. The second-order valence-corrected chi connectivity index (χ2v) is 5.73. The van der Waals surface area contributed by atoms with E-state index in [0.717, 1.165) is 0 Å². The summed E-state index contributed by atoms with van der Waals surface area (Å²) in [4.78, 5) is 24.2. The molecular weight excluding hydrogens is 336 g/mol. The van der Waals surface area contributed by atoms with Gasteiger partial charge < -0.3 is 4.90 Å². The van der Waals surface area contributed by atoms with Gasteiger partial charge in [0, 0.05) is 29.0 Å². The lowest BCUT2D eigenvalue weighted by Crippen LogP contribution is -2.46. The van der Waals surface area contributed by atoms with Gasteiger partial charge >= 0.3 is 0 Å². The zero-order chi connectivity index (χ0) is 14.8. The number of carbonyl (C=O) groups excluding carboxylic acids is 1. The first-order valence-electron chi connectivity index (χ1n) is 5.49. The van der Waals surface area contributed by atoms with Crippen molar-refractivity contribution in [2.45, 2.75) is 19.4 Å². The quantitative estimate of drug-likeness (QED) is 0.475. The Morgan fingerprint density at radius 3 is 2.58 bits per heavy atom. The number of nitrogens with zero attached hydrogens (tertiary/aromatic N) is 2. The van der Waals surface area contributed by atoms with Gasteiger partial charge in [-0.3, -0.25) is 14.9 Å². The topological polar surface area (TPSA) is 63.5 Å². The predicted molar refractivity (Wildman–Crippen MR) is 78.1 cm³/mol. The van der Waals surface area contributed by atoms with Crippen LogP contribution >= 0.6 is 27.5 Å². The third kappa shape index (κ3) is 3.45. The lowest BCUT2D eigenvalue weighted by molar-refractivity contribution is -0.385. The first-order chi connectivity index (χ1) is 8.70. The lowest BCUT2D eigenvalue weighted by atomic mass is 10.0. The van der Waals surface area contributed by atoms with Crippen molar-refractivity contribution < 1.29 is 9.72 Å². The van der Waals surface area contributed by atoms with Gasteiger partial charge in [-0.05, 0) is 26.0 Å². The van der Waals surface area contributed by atoms with Crippen LogP contribution in [0.5, 0.6) is 0 Å². The Labute approximate surface area is 124 Å². The summed E-state index contributed by atoms with van der Waals surface area (Å²) in [6.07, 6.45) is 0. The molecule has 0 radical (unpaired) electrons. The van der Waals surface area contributed by atoms with Crippen LogP contribution in [0, 0.1) is 10.1 Å². The summed E-state index contributed by atoms with van der Waals surface area (Å²) in [7, 11) is 1.61. The van der Waals surface area contributed by atoms with Crippen LogP contribution in [0.1, 0.15) is 24.2 Å². The number of halogens is 2. The normalized spacial score (nSPS) is 11.2. The molecule has 0 heterocycles.